The number of para-hydroxylation sites is 2. The van der Waals surface area contributed by atoms with Crippen LogP contribution in [-0.4, -0.2) is 16.6 Å². The lowest BCUT2D eigenvalue weighted by molar-refractivity contribution is 0.588. The second kappa shape index (κ2) is 5.02. The molecule has 0 saturated heterocycles. The molecule has 1 heterocycles. The van der Waals surface area contributed by atoms with Gasteiger partial charge in [-0.2, -0.15) is 0 Å². The highest BCUT2D eigenvalue weighted by molar-refractivity contribution is 6.63. The predicted molar refractivity (Wildman–Crippen MR) is 92.6 cm³/mol. The van der Waals surface area contributed by atoms with Crippen LogP contribution in [0.3, 0.4) is 0 Å². The summed E-state index contributed by atoms with van der Waals surface area (Å²) >= 11 is 0. The molecule has 0 radical (unpaired) electrons. The highest BCUT2D eigenvalue weighted by Crippen LogP contribution is 2.31. The van der Waals surface area contributed by atoms with E-state index in [9.17, 15) is 5.02 Å². The maximum atomic E-state index is 9.64. The van der Waals surface area contributed by atoms with E-state index in [0.29, 0.717) is 5.46 Å². The smallest absolute Gasteiger partial charge is 0.410 e. The first-order valence-electron chi connectivity index (χ1n) is 7.28. The van der Waals surface area contributed by atoms with Gasteiger partial charge >= 0.3 is 7.05 Å². The lowest BCUT2D eigenvalue weighted by Gasteiger charge is -2.10. The van der Waals surface area contributed by atoms with E-state index < -0.39 is 7.05 Å². The molecule has 3 N–H and O–H groups in total. The molecule has 0 bridgehead atoms. The van der Waals surface area contributed by atoms with Crippen molar-refractivity contribution in [3.8, 4) is 5.69 Å². The van der Waals surface area contributed by atoms with E-state index in [-0.39, 0.29) is 0 Å². The second-order valence-electron chi connectivity index (χ2n) is 5.41. The van der Waals surface area contributed by atoms with Gasteiger partial charge in [-0.05, 0) is 29.7 Å². The average molecular weight is 286 g/mol. The van der Waals surface area contributed by atoms with Crippen molar-refractivity contribution in [2.75, 3.05) is 0 Å². The van der Waals surface area contributed by atoms with Crippen LogP contribution < -0.4 is 11.1 Å². The maximum absolute atomic E-state index is 9.64. The van der Waals surface area contributed by atoms with E-state index in [1.165, 1.54) is 10.8 Å². The molecule has 0 aliphatic carbocycles. The molecule has 3 aromatic carbocycles. The molecule has 0 saturated carbocycles. The molecule has 0 fully saturated rings. The molecule has 0 aliphatic heterocycles. The molecule has 0 unspecified atom stereocenters. The van der Waals surface area contributed by atoms with Crippen molar-refractivity contribution in [1.29, 1.82) is 0 Å². The summed E-state index contributed by atoms with van der Waals surface area (Å²) in [5.41, 5.74) is 9.61. The van der Waals surface area contributed by atoms with Gasteiger partial charge in [0.05, 0.1) is 11.0 Å². The van der Waals surface area contributed by atoms with E-state index in [1.54, 1.807) is 0 Å². The summed E-state index contributed by atoms with van der Waals surface area (Å²) in [4.78, 5) is 0. The van der Waals surface area contributed by atoms with Crippen LogP contribution in [0.15, 0.2) is 72.8 Å². The molecule has 0 amide bonds. The minimum atomic E-state index is -0.965. The first-order chi connectivity index (χ1) is 10.8. The van der Waals surface area contributed by atoms with Crippen LogP contribution in [0.4, 0.5) is 0 Å². The summed E-state index contributed by atoms with van der Waals surface area (Å²) in [5, 5.41) is 12.1. The van der Waals surface area contributed by atoms with Gasteiger partial charge in [0, 0.05) is 16.5 Å². The Labute approximate surface area is 128 Å². The topological polar surface area (TPSA) is 51.2 Å². The summed E-state index contributed by atoms with van der Waals surface area (Å²) in [6, 6.07) is 24.4. The highest BCUT2D eigenvalue weighted by atomic mass is 16.2. The molecule has 0 spiro atoms. The Balaban J connectivity index is 2.11. The highest BCUT2D eigenvalue weighted by Gasteiger charge is 2.13. The van der Waals surface area contributed by atoms with Gasteiger partial charge in [0.15, 0.2) is 0 Å². The summed E-state index contributed by atoms with van der Waals surface area (Å²) in [6.07, 6.45) is 0. The molecular weight excluding hydrogens is 271 g/mol. The van der Waals surface area contributed by atoms with Gasteiger partial charge in [-0.3, -0.25) is 0 Å². The van der Waals surface area contributed by atoms with Gasteiger partial charge < -0.3 is 15.2 Å². The van der Waals surface area contributed by atoms with Crippen molar-refractivity contribution in [3.63, 3.8) is 0 Å². The van der Waals surface area contributed by atoms with E-state index in [0.717, 1.165) is 16.7 Å². The van der Waals surface area contributed by atoms with E-state index >= 15 is 0 Å². The fraction of sp³-hybridized carbons (Fsp3) is 0. The summed E-state index contributed by atoms with van der Waals surface area (Å²) < 4.78 is 2.20. The minimum absolute atomic E-state index is 0.708. The first-order valence-corrected chi connectivity index (χ1v) is 7.28. The monoisotopic (exact) mass is 286 g/mol. The van der Waals surface area contributed by atoms with Gasteiger partial charge in [-0.1, -0.05) is 48.5 Å². The molecule has 4 aromatic rings. The number of hydrogen-bond donors (Lipinski definition) is 2. The first kappa shape index (κ1) is 13.1. The number of benzene rings is 3. The molecule has 106 valence electrons. The number of rotatable bonds is 2. The summed E-state index contributed by atoms with van der Waals surface area (Å²) in [6.45, 7) is 0. The van der Waals surface area contributed by atoms with Crippen molar-refractivity contribution < 1.29 is 5.02 Å². The normalized spacial score (nSPS) is 11.2. The molecule has 22 heavy (non-hydrogen) atoms. The zero-order valence-electron chi connectivity index (χ0n) is 12.0. The molecule has 0 aliphatic rings. The van der Waals surface area contributed by atoms with Crippen LogP contribution in [0.1, 0.15) is 0 Å². The van der Waals surface area contributed by atoms with E-state index in [1.807, 2.05) is 36.4 Å². The SMILES string of the molecule is NB(O)c1cccc(-n2c3ccccc3c3ccccc32)c1. The molecule has 4 rings (SSSR count). The van der Waals surface area contributed by atoms with Crippen LogP contribution in [-0.2, 0) is 0 Å². The Hall–Kier alpha value is -2.56. The lowest BCUT2D eigenvalue weighted by atomic mass is 9.76. The van der Waals surface area contributed by atoms with Crippen LogP contribution in [0.2, 0.25) is 0 Å². The third-order valence-electron chi connectivity index (χ3n) is 4.05. The number of fused-ring (bicyclic) bond motifs is 3. The van der Waals surface area contributed by atoms with Crippen LogP contribution in [0.5, 0.6) is 0 Å². The molecule has 3 nitrogen and oxygen atoms in total. The van der Waals surface area contributed by atoms with E-state index in [4.69, 9.17) is 5.64 Å². The van der Waals surface area contributed by atoms with Crippen molar-refractivity contribution in [2.45, 2.75) is 0 Å². The summed E-state index contributed by atoms with van der Waals surface area (Å²) in [5.74, 6) is 0. The number of nitrogens with two attached hydrogens (primary N) is 1. The van der Waals surface area contributed by atoms with Crippen molar-refractivity contribution >= 4 is 34.3 Å². The van der Waals surface area contributed by atoms with Crippen LogP contribution in [0.25, 0.3) is 27.5 Å². The minimum Gasteiger partial charge on any atom is -0.434 e. The molecule has 1 aromatic heterocycles. The maximum Gasteiger partial charge on any atom is 0.410 e. The standard InChI is InChI=1S/C18H15BN2O/c20-19(22)13-6-5-7-14(12-13)21-17-10-3-1-8-15(17)16-9-2-4-11-18(16)21/h1-12,22H,20H2. The van der Waals surface area contributed by atoms with Crippen molar-refractivity contribution in [3.05, 3.63) is 72.8 Å². The third kappa shape index (κ3) is 1.93. The average Bonchev–Trinajstić information content (AvgIpc) is 2.89. The Morgan fingerprint density at radius 3 is 1.95 bits per heavy atom. The van der Waals surface area contributed by atoms with Crippen LogP contribution in [0, 0.1) is 0 Å². The van der Waals surface area contributed by atoms with Gasteiger partial charge in [-0.25, -0.2) is 0 Å². The van der Waals surface area contributed by atoms with Gasteiger partial charge in [-0.15, -0.1) is 0 Å². The zero-order chi connectivity index (χ0) is 15.1. The van der Waals surface area contributed by atoms with Gasteiger partial charge in [0.2, 0.25) is 0 Å². The zero-order valence-corrected chi connectivity index (χ0v) is 12.0. The van der Waals surface area contributed by atoms with Gasteiger partial charge in [0.1, 0.15) is 0 Å². The number of hydrogen-bond acceptors (Lipinski definition) is 2. The Kier molecular flexibility index (Phi) is 3.00. The second-order valence-corrected chi connectivity index (χ2v) is 5.41. The predicted octanol–water partition coefficient (Wildman–Crippen LogP) is 2.43. The number of aromatic nitrogens is 1. The fourth-order valence-electron chi connectivity index (χ4n) is 3.05. The van der Waals surface area contributed by atoms with E-state index in [2.05, 4.69) is 41.0 Å². The largest absolute Gasteiger partial charge is 0.434 e. The number of nitrogens with zero attached hydrogens (tertiary/aromatic N) is 1. The quantitative estimate of drug-likeness (QED) is 0.556. The third-order valence-corrected chi connectivity index (χ3v) is 4.05. The van der Waals surface area contributed by atoms with Gasteiger partial charge in [0.25, 0.3) is 0 Å². The Morgan fingerprint density at radius 1 is 0.773 bits per heavy atom. The fourth-order valence-corrected chi connectivity index (χ4v) is 3.05. The summed E-state index contributed by atoms with van der Waals surface area (Å²) in [7, 11) is -0.965. The van der Waals surface area contributed by atoms with Crippen LogP contribution >= 0.6 is 0 Å². The van der Waals surface area contributed by atoms with Crippen molar-refractivity contribution in [2.24, 2.45) is 5.64 Å². The molecule has 0 atom stereocenters. The van der Waals surface area contributed by atoms with Crippen molar-refractivity contribution in [1.82, 2.24) is 4.57 Å². The Morgan fingerprint density at radius 2 is 1.36 bits per heavy atom. The lowest BCUT2D eigenvalue weighted by Crippen LogP contribution is -2.39. The molecule has 4 heteroatoms. The Bertz CT molecular complexity index is 922. The molecular formula is C18H15BN2O.